The minimum atomic E-state index is 0.483. The third-order valence-electron chi connectivity index (χ3n) is 2.31. The Bertz CT molecular complexity index is 262. The number of piperazine rings is 1. The van der Waals surface area contributed by atoms with Crippen molar-refractivity contribution in [1.82, 2.24) is 15.3 Å². The van der Waals surface area contributed by atoms with Crippen LogP contribution in [0.5, 0.6) is 0 Å². The van der Waals surface area contributed by atoms with Crippen molar-refractivity contribution in [2.24, 2.45) is 0 Å². The molecular formula is C9H14N4. The molecular weight excluding hydrogens is 164 g/mol. The normalized spacial score (nSPS) is 23.2. The molecule has 0 spiro atoms. The molecule has 1 aromatic heterocycles. The fraction of sp³-hybridized carbons (Fsp3) is 0.556. The van der Waals surface area contributed by atoms with Crippen molar-refractivity contribution < 1.29 is 0 Å². The molecule has 4 nitrogen and oxygen atoms in total. The molecule has 0 radical (unpaired) electrons. The first kappa shape index (κ1) is 8.44. The number of nitrogens with one attached hydrogen (secondary N) is 1. The first-order valence-corrected chi connectivity index (χ1v) is 4.62. The van der Waals surface area contributed by atoms with Gasteiger partial charge in [-0.2, -0.15) is 0 Å². The molecule has 0 saturated carbocycles. The Hall–Kier alpha value is -1.16. The molecule has 0 amide bonds. The van der Waals surface area contributed by atoms with E-state index >= 15 is 0 Å². The van der Waals surface area contributed by atoms with Crippen molar-refractivity contribution in [2.75, 3.05) is 24.5 Å². The number of nitrogens with zero attached hydrogens (tertiary/aromatic N) is 3. The van der Waals surface area contributed by atoms with E-state index in [-0.39, 0.29) is 0 Å². The maximum atomic E-state index is 4.24. The molecule has 13 heavy (non-hydrogen) atoms. The van der Waals surface area contributed by atoms with Crippen molar-refractivity contribution in [3.05, 3.63) is 18.5 Å². The summed E-state index contributed by atoms with van der Waals surface area (Å²) in [4.78, 5) is 10.7. The monoisotopic (exact) mass is 178 g/mol. The molecule has 0 bridgehead atoms. The molecule has 2 heterocycles. The van der Waals surface area contributed by atoms with Crippen molar-refractivity contribution in [3.63, 3.8) is 0 Å². The molecule has 1 fully saturated rings. The van der Waals surface area contributed by atoms with Crippen LogP contribution >= 0.6 is 0 Å². The summed E-state index contributed by atoms with van der Waals surface area (Å²) in [6, 6.07) is 2.33. The highest BCUT2D eigenvalue weighted by molar-refractivity contribution is 5.31. The van der Waals surface area contributed by atoms with Gasteiger partial charge in [-0.05, 0) is 13.0 Å². The molecule has 1 atom stereocenters. The lowest BCUT2D eigenvalue weighted by atomic mass is 10.2. The molecule has 0 aromatic carbocycles. The first-order valence-electron chi connectivity index (χ1n) is 4.62. The van der Waals surface area contributed by atoms with Crippen LogP contribution in [0, 0.1) is 0 Å². The fourth-order valence-corrected chi connectivity index (χ4v) is 1.58. The van der Waals surface area contributed by atoms with E-state index in [4.69, 9.17) is 0 Å². The van der Waals surface area contributed by atoms with Gasteiger partial charge in [0.25, 0.3) is 0 Å². The number of hydrogen-bond donors (Lipinski definition) is 1. The van der Waals surface area contributed by atoms with Crippen LogP contribution in [0.2, 0.25) is 0 Å². The van der Waals surface area contributed by atoms with Crippen LogP contribution in [0.15, 0.2) is 18.5 Å². The number of hydrogen-bond acceptors (Lipinski definition) is 4. The summed E-state index contributed by atoms with van der Waals surface area (Å²) in [6.45, 7) is 5.20. The Labute approximate surface area is 78.0 Å². The zero-order chi connectivity index (χ0) is 9.10. The van der Waals surface area contributed by atoms with E-state index in [0.29, 0.717) is 6.04 Å². The molecule has 1 aromatic rings. The quantitative estimate of drug-likeness (QED) is 0.670. The summed E-state index contributed by atoms with van der Waals surface area (Å²) in [7, 11) is 0. The van der Waals surface area contributed by atoms with Gasteiger partial charge in [0.15, 0.2) is 0 Å². The molecule has 1 aliphatic heterocycles. The summed E-state index contributed by atoms with van der Waals surface area (Å²) < 4.78 is 0. The van der Waals surface area contributed by atoms with Crippen molar-refractivity contribution in [3.8, 4) is 0 Å². The van der Waals surface area contributed by atoms with Gasteiger partial charge in [-0.25, -0.2) is 9.97 Å². The topological polar surface area (TPSA) is 41.0 Å². The SMILES string of the molecule is C[C@@H]1CNCCN1c1ncccn1. The average molecular weight is 178 g/mol. The molecule has 4 heteroatoms. The van der Waals surface area contributed by atoms with E-state index < -0.39 is 0 Å². The predicted octanol–water partition coefficient (Wildman–Crippen LogP) is 0.275. The standard InChI is InChI=1S/C9H14N4/c1-8-7-10-5-6-13(8)9-11-3-2-4-12-9/h2-4,8,10H,5-7H2,1H3/t8-/m1/s1. The molecule has 2 rings (SSSR count). The molecule has 1 aliphatic rings. The Kier molecular flexibility index (Phi) is 2.40. The fourth-order valence-electron chi connectivity index (χ4n) is 1.58. The van der Waals surface area contributed by atoms with Crippen molar-refractivity contribution in [2.45, 2.75) is 13.0 Å². The second kappa shape index (κ2) is 3.70. The van der Waals surface area contributed by atoms with Gasteiger partial charge in [0, 0.05) is 38.1 Å². The Morgan fingerprint density at radius 2 is 2.23 bits per heavy atom. The lowest BCUT2D eigenvalue weighted by Crippen LogP contribution is -2.50. The van der Waals surface area contributed by atoms with Gasteiger partial charge in [0.2, 0.25) is 5.95 Å². The van der Waals surface area contributed by atoms with Crippen LogP contribution < -0.4 is 10.2 Å². The summed E-state index contributed by atoms with van der Waals surface area (Å²) in [5.74, 6) is 0.844. The number of aromatic nitrogens is 2. The molecule has 1 saturated heterocycles. The van der Waals surface area contributed by atoms with Gasteiger partial charge in [0.05, 0.1) is 0 Å². The van der Waals surface area contributed by atoms with Gasteiger partial charge in [-0.3, -0.25) is 0 Å². The second-order valence-electron chi connectivity index (χ2n) is 3.30. The molecule has 0 aliphatic carbocycles. The highest BCUT2D eigenvalue weighted by Gasteiger charge is 2.19. The van der Waals surface area contributed by atoms with Crippen LogP contribution in [0.1, 0.15) is 6.92 Å². The van der Waals surface area contributed by atoms with E-state index in [1.807, 2.05) is 6.07 Å². The van der Waals surface area contributed by atoms with Crippen LogP contribution in [0.25, 0.3) is 0 Å². The second-order valence-corrected chi connectivity index (χ2v) is 3.30. The molecule has 70 valence electrons. The lowest BCUT2D eigenvalue weighted by Gasteiger charge is -2.33. The highest BCUT2D eigenvalue weighted by atomic mass is 15.3. The zero-order valence-electron chi connectivity index (χ0n) is 7.77. The Morgan fingerprint density at radius 3 is 2.92 bits per heavy atom. The van der Waals surface area contributed by atoms with Gasteiger partial charge >= 0.3 is 0 Å². The van der Waals surface area contributed by atoms with E-state index in [0.717, 1.165) is 25.6 Å². The van der Waals surface area contributed by atoms with E-state index in [2.05, 4.69) is 27.1 Å². The maximum Gasteiger partial charge on any atom is 0.225 e. The van der Waals surface area contributed by atoms with Crippen LogP contribution in [0.4, 0.5) is 5.95 Å². The summed E-state index contributed by atoms with van der Waals surface area (Å²) in [5, 5.41) is 3.34. The molecule has 0 unspecified atom stereocenters. The zero-order valence-corrected chi connectivity index (χ0v) is 7.77. The van der Waals surface area contributed by atoms with Crippen LogP contribution in [-0.4, -0.2) is 35.6 Å². The highest BCUT2D eigenvalue weighted by Crippen LogP contribution is 2.10. The predicted molar refractivity (Wildman–Crippen MR) is 51.7 cm³/mol. The minimum Gasteiger partial charge on any atom is -0.336 e. The Morgan fingerprint density at radius 1 is 1.46 bits per heavy atom. The van der Waals surface area contributed by atoms with E-state index in [1.54, 1.807) is 12.4 Å². The van der Waals surface area contributed by atoms with Crippen LogP contribution in [0.3, 0.4) is 0 Å². The van der Waals surface area contributed by atoms with E-state index in [9.17, 15) is 0 Å². The average Bonchev–Trinajstić information content (AvgIpc) is 2.20. The van der Waals surface area contributed by atoms with Gasteiger partial charge < -0.3 is 10.2 Å². The van der Waals surface area contributed by atoms with Crippen LogP contribution in [-0.2, 0) is 0 Å². The smallest absolute Gasteiger partial charge is 0.225 e. The van der Waals surface area contributed by atoms with E-state index in [1.165, 1.54) is 0 Å². The third kappa shape index (κ3) is 1.78. The maximum absolute atomic E-state index is 4.24. The molecule has 1 N–H and O–H groups in total. The first-order chi connectivity index (χ1) is 6.38. The number of anilines is 1. The minimum absolute atomic E-state index is 0.483. The van der Waals surface area contributed by atoms with Gasteiger partial charge in [0.1, 0.15) is 0 Å². The summed E-state index contributed by atoms with van der Waals surface area (Å²) in [5.41, 5.74) is 0. The lowest BCUT2D eigenvalue weighted by molar-refractivity contribution is 0.493. The van der Waals surface area contributed by atoms with Crippen molar-refractivity contribution in [1.29, 1.82) is 0 Å². The third-order valence-corrected chi connectivity index (χ3v) is 2.31. The van der Waals surface area contributed by atoms with Crippen molar-refractivity contribution >= 4 is 5.95 Å². The Balaban J connectivity index is 2.15. The summed E-state index contributed by atoms with van der Waals surface area (Å²) in [6.07, 6.45) is 3.58. The van der Waals surface area contributed by atoms with Gasteiger partial charge in [-0.1, -0.05) is 0 Å². The summed E-state index contributed by atoms with van der Waals surface area (Å²) >= 11 is 0. The van der Waals surface area contributed by atoms with Gasteiger partial charge in [-0.15, -0.1) is 0 Å². The number of rotatable bonds is 1. The largest absolute Gasteiger partial charge is 0.336 e.